The van der Waals surface area contributed by atoms with Crippen molar-refractivity contribution in [2.24, 2.45) is 0 Å². The summed E-state index contributed by atoms with van der Waals surface area (Å²) in [6.45, 7) is 0. The molecule has 2 aromatic heterocycles. The summed E-state index contributed by atoms with van der Waals surface area (Å²) in [5, 5.41) is 23.5. The fourth-order valence-electron chi connectivity index (χ4n) is 5.36. The van der Waals surface area contributed by atoms with Gasteiger partial charge in [-0.3, -0.25) is 14.4 Å². The van der Waals surface area contributed by atoms with Crippen LogP contribution in [-0.4, -0.2) is 40.3 Å². The summed E-state index contributed by atoms with van der Waals surface area (Å²) in [7, 11) is 0. The quantitative estimate of drug-likeness (QED) is 0.101. The van der Waals surface area contributed by atoms with Crippen LogP contribution in [0, 0.1) is 0 Å². The number of nitrogens with one attached hydrogen (secondary N) is 2. The largest absolute Gasteiger partial charge is 0.478 e. The Morgan fingerprint density at radius 1 is 0.627 bits per heavy atom. The van der Waals surface area contributed by atoms with Crippen LogP contribution in [-0.2, 0) is 16.0 Å². The van der Waals surface area contributed by atoms with E-state index in [0.717, 1.165) is 22.5 Å². The summed E-state index contributed by atoms with van der Waals surface area (Å²) in [4.78, 5) is 55.2. The Hall–Kier alpha value is -7.27. The summed E-state index contributed by atoms with van der Waals surface area (Å²) in [6, 6.07) is 34.7. The highest BCUT2D eigenvalue weighted by atomic mass is 16.4. The first-order valence-electron chi connectivity index (χ1n) is 15.5. The SMILES string of the molecule is O=C1Cc2ccccc2N1.O=C1Nc2ccccc2/C1=C\c1ccc(-c2cccc(C(=O)O)c2)o1.O=Cc1ccc(-c2cccc(C(=O)O)c2)o1. The van der Waals surface area contributed by atoms with Gasteiger partial charge in [-0.25, -0.2) is 9.59 Å². The molecular formula is C40H28N2O9. The lowest BCUT2D eigenvalue weighted by Gasteiger charge is -1.99. The maximum absolute atomic E-state index is 12.1. The van der Waals surface area contributed by atoms with Crippen LogP contribution in [0.5, 0.6) is 0 Å². The van der Waals surface area contributed by atoms with Crippen LogP contribution in [0.4, 0.5) is 11.4 Å². The summed E-state index contributed by atoms with van der Waals surface area (Å²) >= 11 is 0. The molecule has 252 valence electrons. The highest BCUT2D eigenvalue weighted by Gasteiger charge is 2.24. The maximum Gasteiger partial charge on any atom is 0.335 e. The molecule has 2 aliphatic rings. The Morgan fingerprint density at radius 3 is 1.78 bits per heavy atom. The molecule has 11 nitrogen and oxygen atoms in total. The van der Waals surface area contributed by atoms with Gasteiger partial charge in [0.2, 0.25) is 5.91 Å². The first-order chi connectivity index (χ1) is 24.7. The lowest BCUT2D eigenvalue weighted by molar-refractivity contribution is -0.115. The molecule has 0 radical (unpaired) electrons. The molecule has 0 saturated carbocycles. The van der Waals surface area contributed by atoms with Gasteiger partial charge in [-0.2, -0.15) is 0 Å². The van der Waals surface area contributed by atoms with E-state index in [1.54, 1.807) is 54.6 Å². The maximum atomic E-state index is 12.1. The molecule has 11 heteroatoms. The lowest BCUT2D eigenvalue weighted by atomic mass is 10.1. The molecule has 0 saturated heterocycles. The van der Waals surface area contributed by atoms with Gasteiger partial charge in [0, 0.05) is 28.1 Å². The predicted molar refractivity (Wildman–Crippen MR) is 189 cm³/mol. The zero-order valence-corrected chi connectivity index (χ0v) is 26.7. The second-order valence-corrected chi connectivity index (χ2v) is 11.2. The number of rotatable bonds is 6. The minimum atomic E-state index is -0.996. The van der Waals surface area contributed by atoms with Crippen LogP contribution in [0.25, 0.3) is 34.3 Å². The third-order valence-corrected chi connectivity index (χ3v) is 7.80. The average molecular weight is 681 g/mol. The molecular weight excluding hydrogens is 652 g/mol. The molecule has 2 aliphatic heterocycles. The monoisotopic (exact) mass is 680 g/mol. The molecule has 4 heterocycles. The molecule has 8 rings (SSSR count). The first kappa shape index (κ1) is 33.6. The molecule has 6 aromatic rings. The van der Waals surface area contributed by atoms with Crippen molar-refractivity contribution < 1.29 is 43.0 Å². The van der Waals surface area contributed by atoms with Crippen molar-refractivity contribution in [2.75, 3.05) is 10.6 Å². The van der Waals surface area contributed by atoms with Crippen LogP contribution in [0.1, 0.15) is 48.2 Å². The van der Waals surface area contributed by atoms with Gasteiger partial charge in [0.05, 0.1) is 23.1 Å². The minimum absolute atomic E-state index is 0.0983. The minimum Gasteiger partial charge on any atom is -0.478 e. The molecule has 4 N–H and O–H groups in total. The number of amides is 2. The van der Waals surface area contributed by atoms with Crippen LogP contribution in [0.2, 0.25) is 0 Å². The second kappa shape index (κ2) is 14.9. The van der Waals surface area contributed by atoms with Crippen molar-refractivity contribution in [1.29, 1.82) is 0 Å². The lowest BCUT2D eigenvalue weighted by Crippen LogP contribution is -2.03. The molecule has 0 spiro atoms. The first-order valence-corrected chi connectivity index (χ1v) is 15.5. The number of anilines is 2. The van der Waals surface area contributed by atoms with E-state index < -0.39 is 11.9 Å². The number of hydrogen-bond donors (Lipinski definition) is 4. The number of fused-ring (bicyclic) bond motifs is 2. The van der Waals surface area contributed by atoms with Crippen molar-refractivity contribution in [3.05, 3.63) is 155 Å². The Bertz CT molecular complexity index is 2300. The molecule has 2 amide bonds. The number of carbonyl (C=O) groups is 5. The highest BCUT2D eigenvalue weighted by Crippen LogP contribution is 2.34. The standard InChI is InChI=1S/C20H13NO4.C12H8O4.C8H7NO/c22-19-16(15-6-1-2-7-17(15)21-19)11-14-8-9-18(25-14)12-4-3-5-13(10-12)20(23)24;13-7-10-4-5-11(16-10)8-2-1-3-9(6-8)12(14)15;10-8-5-6-3-1-2-4-7(6)9-8/h1-11H,(H,21,22)(H,23,24);1-7H,(H,14,15);1-4H,5H2,(H,9,10)/b16-11+;;. The normalized spacial score (nSPS) is 13.1. The number of aromatic carboxylic acids is 2. The van der Waals surface area contributed by atoms with E-state index >= 15 is 0 Å². The number of hydrogen-bond acceptors (Lipinski definition) is 7. The van der Waals surface area contributed by atoms with E-state index in [9.17, 15) is 24.0 Å². The zero-order chi connectivity index (χ0) is 35.9. The van der Waals surface area contributed by atoms with Crippen LogP contribution >= 0.6 is 0 Å². The highest BCUT2D eigenvalue weighted by molar-refractivity contribution is 6.34. The molecule has 0 fully saturated rings. The van der Waals surface area contributed by atoms with E-state index in [4.69, 9.17) is 19.0 Å². The third kappa shape index (κ3) is 7.90. The smallest absolute Gasteiger partial charge is 0.335 e. The summed E-state index contributed by atoms with van der Waals surface area (Å²) in [6.07, 6.45) is 2.83. The number of para-hydroxylation sites is 2. The van der Waals surface area contributed by atoms with E-state index in [1.807, 2.05) is 48.5 Å². The molecule has 0 aliphatic carbocycles. The summed E-state index contributed by atoms with van der Waals surface area (Å²) < 4.78 is 11.0. The number of carboxylic acid groups (broad SMARTS) is 2. The fraction of sp³-hybridized carbons (Fsp3) is 0.0250. The van der Waals surface area contributed by atoms with Gasteiger partial charge in [-0.1, -0.05) is 60.7 Å². The van der Waals surface area contributed by atoms with Gasteiger partial charge in [0.15, 0.2) is 12.0 Å². The van der Waals surface area contributed by atoms with Crippen molar-refractivity contribution in [1.82, 2.24) is 0 Å². The Labute approximate surface area is 290 Å². The van der Waals surface area contributed by atoms with Gasteiger partial charge in [0.25, 0.3) is 5.91 Å². The van der Waals surface area contributed by atoms with Gasteiger partial charge in [0.1, 0.15) is 17.3 Å². The van der Waals surface area contributed by atoms with E-state index in [1.165, 1.54) is 24.3 Å². The second-order valence-electron chi connectivity index (χ2n) is 11.2. The van der Waals surface area contributed by atoms with Crippen LogP contribution in [0.3, 0.4) is 0 Å². The molecule has 0 unspecified atom stereocenters. The number of furan rings is 2. The Balaban J connectivity index is 0.000000146. The van der Waals surface area contributed by atoms with Crippen molar-refractivity contribution in [3.8, 4) is 22.6 Å². The number of carbonyl (C=O) groups excluding carboxylic acids is 3. The van der Waals surface area contributed by atoms with Gasteiger partial charge >= 0.3 is 11.9 Å². The van der Waals surface area contributed by atoms with Gasteiger partial charge in [-0.15, -0.1) is 0 Å². The van der Waals surface area contributed by atoms with E-state index in [0.29, 0.717) is 46.7 Å². The molecule has 4 aromatic carbocycles. The number of aldehydes is 1. The topological polar surface area (TPSA) is 176 Å². The van der Waals surface area contributed by atoms with Gasteiger partial charge < -0.3 is 29.7 Å². The molecule has 51 heavy (non-hydrogen) atoms. The van der Waals surface area contributed by atoms with Crippen LogP contribution in [0.15, 0.2) is 130 Å². The van der Waals surface area contributed by atoms with Crippen LogP contribution < -0.4 is 10.6 Å². The Kier molecular flexibility index (Phi) is 9.81. The third-order valence-electron chi connectivity index (χ3n) is 7.80. The average Bonchev–Trinajstić information content (AvgIpc) is 3.95. The van der Waals surface area contributed by atoms with Gasteiger partial charge in [-0.05, 0) is 72.3 Å². The zero-order valence-electron chi connectivity index (χ0n) is 26.7. The summed E-state index contributed by atoms with van der Waals surface area (Å²) in [5.41, 5.74) is 5.89. The van der Waals surface area contributed by atoms with E-state index in [-0.39, 0.29) is 28.7 Å². The van der Waals surface area contributed by atoms with Crippen molar-refractivity contribution >= 4 is 53.1 Å². The molecule has 0 atom stereocenters. The fourth-order valence-corrected chi connectivity index (χ4v) is 5.36. The number of carboxylic acids is 2. The summed E-state index contributed by atoms with van der Waals surface area (Å²) in [5.74, 6) is -0.299. The van der Waals surface area contributed by atoms with Crippen molar-refractivity contribution in [2.45, 2.75) is 6.42 Å². The Morgan fingerprint density at radius 2 is 1.20 bits per heavy atom. The van der Waals surface area contributed by atoms with E-state index in [2.05, 4.69) is 10.6 Å². The van der Waals surface area contributed by atoms with Crippen molar-refractivity contribution in [3.63, 3.8) is 0 Å². The number of benzene rings is 4. The predicted octanol–water partition coefficient (Wildman–Crippen LogP) is 7.78. The molecule has 0 bridgehead atoms.